The summed E-state index contributed by atoms with van der Waals surface area (Å²) < 4.78 is 5.62. The highest BCUT2D eigenvalue weighted by Crippen LogP contribution is 2.18. The van der Waals surface area contributed by atoms with Gasteiger partial charge in [-0.1, -0.05) is 43.3 Å². The first-order valence-corrected chi connectivity index (χ1v) is 8.74. The van der Waals surface area contributed by atoms with Crippen LogP contribution in [0.25, 0.3) is 0 Å². The van der Waals surface area contributed by atoms with Crippen LogP contribution in [0.1, 0.15) is 48.3 Å². The van der Waals surface area contributed by atoms with Crippen molar-refractivity contribution < 1.29 is 14.6 Å². The number of Topliss-reactive ketones (excluding diaryl/α,β-unsaturated/α-hetero) is 1. The van der Waals surface area contributed by atoms with Gasteiger partial charge in [-0.2, -0.15) is 0 Å². The van der Waals surface area contributed by atoms with Crippen LogP contribution in [0.15, 0.2) is 48.5 Å². The Morgan fingerprint density at radius 1 is 1.16 bits per heavy atom. The molecule has 0 saturated carbocycles. The quantitative estimate of drug-likeness (QED) is 0.685. The number of para-hydroxylation sites is 1. The van der Waals surface area contributed by atoms with Crippen LogP contribution < -0.4 is 10.1 Å². The van der Waals surface area contributed by atoms with Crippen LogP contribution in [0.3, 0.4) is 0 Å². The maximum atomic E-state index is 11.6. The lowest BCUT2D eigenvalue weighted by atomic mass is 10.0. The highest BCUT2D eigenvalue weighted by Gasteiger charge is 2.12. The number of benzene rings is 2. The van der Waals surface area contributed by atoms with Crippen molar-refractivity contribution in [1.82, 2.24) is 5.32 Å². The molecule has 0 saturated heterocycles. The molecule has 2 N–H and O–H groups in total. The Labute approximate surface area is 149 Å². The van der Waals surface area contributed by atoms with E-state index in [1.807, 2.05) is 6.07 Å². The summed E-state index contributed by atoms with van der Waals surface area (Å²) in [5.74, 6) is 0.463. The van der Waals surface area contributed by atoms with E-state index in [2.05, 4.69) is 43.4 Å². The zero-order valence-electron chi connectivity index (χ0n) is 15.2. The molecule has 0 spiro atoms. The summed E-state index contributed by atoms with van der Waals surface area (Å²) >= 11 is 0. The number of aliphatic hydroxyl groups is 1. The minimum Gasteiger partial charge on any atom is -0.490 e. The molecule has 4 nitrogen and oxygen atoms in total. The van der Waals surface area contributed by atoms with Gasteiger partial charge in [0.15, 0.2) is 5.78 Å². The molecule has 2 unspecified atom stereocenters. The second kappa shape index (κ2) is 9.35. The minimum atomic E-state index is -0.655. The Morgan fingerprint density at radius 2 is 1.84 bits per heavy atom. The third kappa shape index (κ3) is 5.69. The molecule has 0 aliphatic carbocycles. The Bertz CT molecular complexity index is 682. The molecule has 0 heterocycles. The molecule has 0 bridgehead atoms. The van der Waals surface area contributed by atoms with E-state index >= 15 is 0 Å². The summed E-state index contributed by atoms with van der Waals surface area (Å²) in [6.45, 7) is 6.26. The van der Waals surface area contributed by atoms with E-state index in [4.69, 9.17) is 4.74 Å². The number of aryl methyl sites for hydroxylation is 1. The molecule has 2 aromatic rings. The molecule has 0 aliphatic rings. The first-order valence-electron chi connectivity index (χ1n) is 8.74. The van der Waals surface area contributed by atoms with Crippen molar-refractivity contribution in [2.75, 3.05) is 13.2 Å². The first-order chi connectivity index (χ1) is 12.0. The summed E-state index contributed by atoms with van der Waals surface area (Å²) in [5.41, 5.74) is 3.04. The third-order valence-corrected chi connectivity index (χ3v) is 4.25. The van der Waals surface area contributed by atoms with Gasteiger partial charge >= 0.3 is 0 Å². The number of hydrogen-bond donors (Lipinski definition) is 2. The fraction of sp³-hybridized carbons (Fsp3) is 0.381. The zero-order chi connectivity index (χ0) is 18.2. The Balaban J connectivity index is 1.82. The molecular formula is C21H27NO3. The molecular weight excluding hydrogens is 314 g/mol. The number of ketones is 1. The number of hydrogen-bond acceptors (Lipinski definition) is 4. The van der Waals surface area contributed by atoms with Crippen LogP contribution in [0.4, 0.5) is 0 Å². The van der Waals surface area contributed by atoms with E-state index in [-0.39, 0.29) is 18.4 Å². The molecule has 4 heteroatoms. The number of carbonyl (C=O) groups excluding carboxylic acids is 1. The van der Waals surface area contributed by atoms with Gasteiger partial charge in [-0.15, -0.1) is 0 Å². The van der Waals surface area contributed by atoms with Gasteiger partial charge in [0.1, 0.15) is 18.5 Å². The minimum absolute atomic E-state index is 0.0487. The van der Waals surface area contributed by atoms with E-state index in [9.17, 15) is 9.90 Å². The van der Waals surface area contributed by atoms with Gasteiger partial charge in [0.25, 0.3) is 0 Å². The van der Waals surface area contributed by atoms with Crippen molar-refractivity contribution in [3.05, 3.63) is 65.2 Å². The Hall–Kier alpha value is -2.17. The largest absolute Gasteiger partial charge is 0.490 e. The predicted octanol–water partition coefficient (Wildman–Crippen LogP) is 3.54. The fourth-order valence-corrected chi connectivity index (χ4v) is 2.60. The van der Waals surface area contributed by atoms with Gasteiger partial charge in [-0.3, -0.25) is 4.79 Å². The van der Waals surface area contributed by atoms with Crippen molar-refractivity contribution in [3.63, 3.8) is 0 Å². The zero-order valence-corrected chi connectivity index (χ0v) is 15.2. The number of ether oxygens (including phenoxy) is 1. The van der Waals surface area contributed by atoms with Crippen LogP contribution in [0, 0.1) is 0 Å². The van der Waals surface area contributed by atoms with E-state index in [0.29, 0.717) is 17.9 Å². The average molecular weight is 341 g/mol. The van der Waals surface area contributed by atoms with Crippen molar-refractivity contribution in [2.24, 2.45) is 0 Å². The van der Waals surface area contributed by atoms with Crippen LogP contribution in [-0.2, 0) is 6.42 Å². The molecule has 2 atom stereocenters. The third-order valence-electron chi connectivity index (χ3n) is 4.25. The van der Waals surface area contributed by atoms with Gasteiger partial charge in [0.2, 0.25) is 0 Å². The number of carbonyl (C=O) groups is 1. The molecule has 134 valence electrons. The van der Waals surface area contributed by atoms with Crippen molar-refractivity contribution in [1.29, 1.82) is 0 Å². The number of nitrogens with one attached hydrogen (secondary N) is 1. The monoisotopic (exact) mass is 341 g/mol. The maximum absolute atomic E-state index is 11.6. The van der Waals surface area contributed by atoms with Gasteiger partial charge in [-0.05, 0) is 43.5 Å². The van der Waals surface area contributed by atoms with E-state index in [0.717, 1.165) is 6.42 Å². The molecule has 0 fully saturated rings. The summed E-state index contributed by atoms with van der Waals surface area (Å²) in [6, 6.07) is 15.7. The lowest BCUT2D eigenvalue weighted by molar-refractivity contribution is 0.0966. The topological polar surface area (TPSA) is 58.6 Å². The van der Waals surface area contributed by atoms with Crippen molar-refractivity contribution in [3.8, 4) is 5.75 Å². The van der Waals surface area contributed by atoms with Crippen LogP contribution in [-0.4, -0.2) is 30.1 Å². The van der Waals surface area contributed by atoms with Crippen molar-refractivity contribution in [2.45, 2.75) is 39.3 Å². The van der Waals surface area contributed by atoms with Gasteiger partial charge in [0.05, 0.1) is 5.56 Å². The average Bonchev–Trinajstić information content (AvgIpc) is 2.64. The standard InChI is InChI=1S/C21H27NO3/c1-4-17-9-11-18(12-10-17)15(2)22-13-19(24)14-25-21-8-6-5-7-20(21)16(3)23/h5-12,15,19,22,24H,4,13-14H2,1-3H3. The predicted molar refractivity (Wildman–Crippen MR) is 100 cm³/mol. The lowest BCUT2D eigenvalue weighted by Gasteiger charge is -2.18. The van der Waals surface area contributed by atoms with Gasteiger partial charge in [-0.25, -0.2) is 0 Å². The lowest BCUT2D eigenvalue weighted by Crippen LogP contribution is -2.33. The molecule has 25 heavy (non-hydrogen) atoms. The van der Waals surface area contributed by atoms with Crippen LogP contribution in [0.2, 0.25) is 0 Å². The smallest absolute Gasteiger partial charge is 0.163 e. The highest BCUT2D eigenvalue weighted by atomic mass is 16.5. The maximum Gasteiger partial charge on any atom is 0.163 e. The first kappa shape index (κ1) is 19.2. The van der Waals surface area contributed by atoms with E-state index in [1.165, 1.54) is 18.1 Å². The number of rotatable bonds is 9. The highest BCUT2D eigenvalue weighted by molar-refractivity contribution is 5.96. The fourth-order valence-electron chi connectivity index (χ4n) is 2.60. The SMILES string of the molecule is CCc1ccc(C(C)NCC(O)COc2ccccc2C(C)=O)cc1. The summed E-state index contributed by atoms with van der Waals surface area (Å²) in [4.78, 5) is 11.6. The summed E-state index contributed by atoms with van der Waals surface area (Å²) in [6.07, 6.45) is 0.372. The summed E-state index contributed by atoms with van der Waals surface area (Å²) in [7, 11) is 0. The molecule has 0 aromatic heterocycles. The van der Waals surface area contributed by atoms with Gasteiger partial charge < -0.3 is 15.2 Å². The molecule has 0 radical (unpaired) electrons. The second-order valence-corrected chi connectivity index (χ2v) is 6.24. The van der Waals surface area contributed by atoms with Gasteiger partial charge in [0, 0.05) is 12.6 Å². The van der Waals surface area contributed by atoms with E-state index in [1.54, 1.807) is 18.2 Å². The summed E-state index contributed by atoms with van der Waals surface area (Å²) in [5, 5.41) is 13.5. The molecule has 2 aromatic carbocycles. The normalized spacial score (nSPS) is 13.3. The van der Waals surface area contributed by atoms with Crippen molar-refractivity contribution >= 4 is 5.78 Å². The Kier molecular flexibility index (Phi) is 7.16. The van der Waals surface area contributed by atoms with Crippen LogP contribution >= 0.6 is 0 Å². The second-order valence-electron chi connectivity index (χ2n) is 6.24. The number of aliphatic hydroxyl groups excluding tert-OH is 1. The molecule has 0 aliphatic heterocycles. The van der Waals surface area contributed by atoms with Crippen LogP contribution in [0.5, 0.6) is 5.75 Å². The Morgan fingerprint density at radius 3 is 2.48 bits per heavy atom. The molecule has 2 rings (SSSR count). The van der Waals surface area contributed by atoms with E-state index < -0.39 is 6.10 Å². The molecule has 0 amide bonds.